The van der Waals surface area contributed by atoms with Crippen molar-refractivity contribution in [3.8, 4) is 0 Å². The Labute approximate surface area is 99.5 Å². The van der Waals surface area contributed by atoms with E-state index in [0.29, 0.717) is 6.54 Å². The number of benzene rings is 1. The molecule has 3 nitrogen and oxygen atoms in total. The molecule has 2 aromatic rings. The Morgan fingerprint density at radius 2 is 2.12 bits per heavy atom. The predicted octanol–water partition coefficient (Wildman–Crippen LogP) is 2.68. The minimum absolute atomic E-state index is 0.555. The average Bonchev–Trinajstić information content (AvgIpc) is 2.77. The van der Waals surface area contributed by atoms with Crippen molar-refractivity contribution < 1.29 is 0 Å². The smallest absolute Gasteiger partial charge is 0.189 e. The Bertz CT molecular complexity index is 479. The zero-order valence-corrected chi connectivity index (χ0v) is 10.3. The van der Waals surface area contributed by atoms with Crippen molar-refractivity contribution in [3.05, 3.63) is 40.9 Å². The van der Waals surface area contributed by atoms with Gasteiger partial charge in [-0.2, -0.15) is 0 Å². The highest BCUT2D eigenvalue weighted by Gasteiger charge is 2.09. The van der Waals surface area contributed by atoms with Crippen LogP contribution >= 0.6 is 11.3 Å². The van der Waals surface area contributed by atoms with E-state index in [9.17, 15) is 0 Å². The first-order chi connectivity index (χ1) is 7.72. The van der Waals surface area contributed by atoms with Gasteiger partial charge >= 0.3 is 0 Å². The van der Waals surface area contributed by atoms with E-state index < -0.39 is 0 Å². The number of nitrogens with two attached hydrogens (primary N) is 1. The summed E-state index contributed by atoms with van der Waals surface area (Å²) in [7, 11) is 2.03. The highest BCUT2D eigenvalue weighted by atomic mass is 32.1. The molecule has 16 heavy (non-hydrogen) atoms. The molecule has 0 atom stereocenters. The number of anilines is 2. The molecule has 1 heterocycles. The Morgan fingerprint density at radius 3 is 2.75 bits per heavy atom. The zero-order chi connectivity index (χ0) is 11.5. The second-order valence-corrected chi connectivity index (χ2v) is 4.75. The van der Waals surface area contributed by atoms with E-state index in [2.05, 4.69) is 28.9 Å². The molecule has 0 bridgehead atoms. The van der Waals surface area contributed by atoms with Crippen LogP contribution in [0.1, 0.15) is 10.4 Å². The molecule has 0 aliphatic carbocycles. The lowest BCUT2D eigenvalue weighted by molar-refractivity contribution is 1.09. The Kier molecular flexibility index (Phi) is 3.22. The molecule has 1 aromatic carbocycles. The highest BCUT2D eigenvalue weighted by Crippen LogP contribution is 2.29. The minimum Gasteiger partial charge on any atom is -0.326 e. The van der Waals surface area contributed by atoms with Crippen molar-refractivity contribution in [2.24, 2.45) is 5.73 Å². The maximum Gasteiger partial charge on any atom is 0.189 e. The fourth-order valence-electron chi connectivity index (χ4n) is 1.59. The van der Waals surface area contributed by atoms with E-state index in [0.717, 1.165) is 10.0 Å². The summed E-state index contributed by atoms with van der Waals surface area (Å²) >= 11 is 1.63. The van der Waals surface area contributed by atoms with Crippen molar-refractivity contribution in [2.75, 3.05) is 11.9 Å². The van der Waals surface area contributed by atoms with Gasteiger partial charge in [0.2, 0.25) is 0 Å². The summed E-state index contributed by atoms with van der Waals surface area (Å²) in [6.07, 6.45) is 1.84. The van der Waals surface area contributed by atoms with Gasteiger partial charge in [-0.05, 0) is 18.6 Å². The van der Waals surface area contributed by atoms with Crippen LogP contribution in [0.3, 0.4) is 0 Å². The van der Waals surface area contributed by atoms with Crippen LogP contribution < -0.4 is 10.6 Å². The molecule has 2 N–H and O–H groups in total. The van der Waals surface area contributed by atoms with Crippen molar-refractivity contribution in [1.82, 2.24) is 4.98 Å². The van der Waals surface area contributed by atoms with Crippen LogP contribution in [0.25, 0.3) is 0 Å². The van der Waals surface area contributed by atoms with Gasteiger partial charge in [-0.1, -0.05) is 18.2 Å². The molecular formula is C12H15N3S. The van der Waals surface area contributed by atoms with Gasteiger partial charge < -0.3 is 10.6 Å². The Hall–Kier alpha value is -1.39. The lowest BCUT2D eigenvalue weighted by Crippen LogP contribution is -2.10. The number of thiazole rings is 1. The molecule has 0 amide bonds. The first kappa shape index (κ1) is 11.1. The van der Waals surface area contributed by atoms with Crippen LogP contribution in [0.2, 0.25) is 0 Å². The third kappa shape index (κ3) is 2.08. The summed E-state index contributed by atoms with van der Waals surface area (Å²) in [5.41, 5.74) is 8.01. The Balaban J connectivity index is 2.31. The molecule has 0 aliphatic heterocycles. The van der Waals surface area contributed by atoms with Crippen LogP contribution in [-0.4, -0.2) is 12.0 Å². The molecule has 0 unspecified atom stereocenters. The van der Waals surface area contributed by atoms with Crippen LogP contribution in [-0.2, 0) is 6.54 Å². The zero-order valence-electron chi connectivity index (χ0n) is 9.47. The van der Waals surface area contributed by atoms with Gasteiger partial charge in [0.1, 0.15) is 0 Å². The lowest BCUT2D eigenvalue weighted by Gasteiger charge is -2.17. The molecule has 0 fully saturated rings. The molecule has 0 aliphatic rings. The third-order valence-corrected chi connectivity index (χ3v) is 3.60. The largest absolute Gasteiger partial charge is 0.326 e. The normalized spacial score (nSPS) is 10.4. The summed E-state index contributed by atoms with van der Waals surface area (Å²) < 4.78 is 0. The number of para-hydroxylation sites is 1. The Morgan fingerprint density at radius 1 is 1.38 bits per heavy atom. The highest BCUT2D eigenvalue weighted by molar-refractivity contribution is 7.15. The quantitative estimate of drug-likeness (QED) is 0.886. The van der Waals surface area contributed by atoms with Crippen LogP contribution in [0.5, 0.6) is 0 Å². The summed E-state index contributed by atoms with van der Waals surface area (Å²) in [4.78, 5) is 7.57. The number of nitrogens with zero attached hydrogens (tertiary/aromatic N) is 2. The number of aryl methyl sites for hydroxylation is 1. The number of rotatable bonds is 3. The predicted molar refractivity (Wildman–Crippen MR) is 69.2 cm³/mol. The third-order valence-electron chi connectivity index (χ3n) is 2.51. The SMILES string of the molecule is Cc1ccccc1N(C)c1ncc(CN)s1. The molecule has 0 saturated carbocycles. The standard InChI is InChI=1S/C12H15N3S/c1-9-5-3-4-6-11(9)15(2)12-14-8-10(7-13)16-12/h3-6,8H,7,13H2,1-2H3. The second kappa shape index (κ2) is 4.63. The van der Waals surface area contributed by atoms with Gasteiger partial charge in [0, 0.05) is 30.4 Å². The maximum absolute atomic E-state index is 5.58. The fraction of sp³-hybridized carbons (Fsp3) is 0.250. The minimum atomic E-state index is 0.555. The van der Waals surface area contributed by atoms with Crippen molar-refractivity contribution in [3.63, 3.8) is 0 Å². The number of aromatic nitrogens is 1. The van der Waals surface area contributed by atoms with E-state index >= 15 is 0 Å². The van der Waals surface area contributed by atoms with E-state index in [4.69, 9.17) is 5.73 Å². The molecule has 0 spiro atoms. The van der Waals surface area contributed by atoms with Crippen molar-refractivity contribution in [2.45, 2.75) is 13.5 Å². The summed E-state index contributed by atoms with van der Waals surface area (Å²) in [5, 5.41) is 0.981. The van der Waals surface area contributed by atoms with Crippen LogP contribution in [0.15, 0.2) is 30.5 Å². The van der Waals surface area contributed by atoms with Crippen LogP contribution in [0, 0.1) is 6.92 Å². The van der Waals surface area contributed by atoms with Gasteiger partial charge in [-0.25, -0.2) is 4.98 Å². The van der Waals surface area contributed by atoms with Crippen molar-refractivity contribution >= 4 is 22.2 Å². The maximum atomic E-state index is 5.58. The summed E-state index contributed by atoms with van der Waals surface area (Å²) in [5.74, 6) is 0. The van der Waals surface area contributed by atoms with E-state index in [1.54, 1.807) is 11.3 Å². The molecule has 4 heteroatoms. The molecule has 0 saturated heterocycles. The number of hydrogen-bond acceptors (Lipinski definition) is 4. The van der Waals surface area contributed by atoms with Gasteiger partial charge in [0.25, 0.3) is 0 Å². The molecule has 2 rings (SSSR count). The van der Waals surface area contributed by atoms with Crippen molar-refractivity contribution in [1.29, 1.82) is 0 Å². The lowest BCUT2D eigenvalue weighted by atomic mass is 10.2. The summed E-state index contributed by atoms with van der Waals surface area (Å²) in [6, 6.07) is 8.28. The topological polar surface area (TPSA) is 42.2 Å². The van der Waals surface area contributed by atoms with E-state index in [1.165, 1.54) is 11.3 Å². The first-order valence-corrected chi connectivity index (χ1v) is 5.98. The first-order valence-electron chi connectivity index (χ1n) is 5.16. The van der Waals surface area contributed by atoms with Gasteiger partial charge in [0.15, 0.2) is 5.13 Å². The van der Waals surface area contributed by atoms with E-state index in [1.807, 2.05) is 25.4 Å². The average molecular weight is 233 g/mol. The van der Waals surface area contributed by atoms with Gasteiger partial charge in [-0.15, -0.1) is 11.3 Å². The number of hydrogen-bond donors (Lipinski definition) is 1. The monoisotopic (exact) mass is 233 g/mol. The molecule has 84 valence electrons. The molecular weight excluding hydrogens is 218 g/mol. The van der Waals surface area contributed by atoms with Gasteiger partial charge in [0.05, 0.1) is 0 Å². The fourth-order valence-corrected chi connectivity index (χ4v) is 2.35. The van der Waals surface area contributed by atoms with E-state index in [-0.39, 0.29) is 0 Å². The molecule has 0 radical (unpaired) electrons. The molecule has 1 aromatic heterocycles. The van der Waals surface area contributed by atoms with Gasteiger partial charge in [-0.3, -0.25) is 0 Å². The summed E-state index contributed by atoms with van der Waals surface area (Å²) in [6.45, 7) is 2.66. The van der Waals surface area contributed by atoms with Crippen LogP contribution in [0.4, 0.5) is 10.8 Å². The second-order valence-electron chi connectivity index (χ2n) is 3.66.